The first-order valence-corrected chi connectivity index (χ1v) is 6.64. The molecule has 0 aliphatic carbocycles. The zero-order chi connectivity index (χ0) is 15.3. The average molecular weight is 278 g/mol. The van der Waals surface area contributed by atoms with E-state index in [1.54, 1.807) is 13.8 Å². The predicted molar refractivity (Wildman–Crippen MR) is 77.5 cm³/mol. The summed E-state index contributed by atoms with van der Waals surface area (Å²) in [5, 5.41) is 14.2. The Morgan fingerprint density at radius 2 is 1.90 bits per heavy atom. The van der Waals surface area contributed by atoms with Gasteiger partial charge in [-0.25, -0.2) is 9.59 Å². The Morgan fingerprint density at radius 3 is 2.45 bits per heavy atom. The van der Waals surface area contributed by atoms with Crippen molar-refractivity contribution in [2.24, 2.45) is 5.92 Å². The number of aliphatic carboxylic acids is 1. The first-order valence-electron chi connectivity index (χ1n) is 6.64. The summed E-state index contributed by atoms with van der Waals surface area (Å²) in [5.41, 5.74) is 3.24. The second-order valence-electron chi connectivity index (χ2n) is 5.32. The Hall–Kier alpha value is -2.04. The molecule has 110 valence electrons. The minimum atomic E-state index is -1.03. The summed E-state index contributed by atoms with van der Waals surface area (Å²) >= 11 is 0. The van der Waals surface area contributed by atoms with Crippen LogP contribution in [0.15, 0.2) is 18.2 Å². The van der Waals surface area contributed by atoms with Crippen LogP contribution in [-0.4, -0.2) is 23.1 Å². The molecule has 0 aliphatic rings. The first kappa shape index (κ1) is 16.0. The van der Waals surface area contributed by atoms with Crippen LogP contribution in [0.4, 0.5) is 4.79 Å². The third-order valence-electron chi connectivity index (χ3n) is 3.16. The zero-order valence-electron chi connectivity index (χ0n) is 12.4. The molecule has 0 saturated carbocycles. The monoisotopic (exact) mass is 278 g/mol. The minimum Gasteiger partial charge on any atom is -0.480 e. The van der Waals surface area contributed by atoms with E-state index in [1.807, 2.05) is 32.0 Å². The highest BCUT2D eigenvalue weighted by molar-refractivity contribution is 5.82. The van der Waals surface area contributed by atoms with Crippen molar-refractivity contribution in [3.8, 4) is 0 Å². The molecule has 0 heterocycles. The van der Waals surface area contributed by atoms with Crippen LogP contribution in [-0.2, 0) is 11.3 Å². The molecule has 1 aromatic rings. The molecule has 5 heteroatoms. The molecular formula is C15H22N2O3. The Morgan fingerprint density at radius 1 is 1.25 bits per heavy atom. The van der Waals surface area contributed by atoms with Crippen molar-refractivity contribution in [1.29, 1.82) is 0 Å². The van der Waals surface area contributed by atoms with Crippen LogP contribution in [0.3, 0.4) is 0 Å². The van der Waals surface area contributed by atoms with Crippen LogP contribution in [0.5, 0.6) is 0 Å². The number of hydrogen-bond acceptors (Lipinski definition) is 2. The fourth-order valence-corrected chi connectivity index (χ4v) is 1.87. The smallest absolute Gasteiger partial charge is 0.326 e. The lowest BCUT2D eigenvalue weighted by atomic mass is 10.1. The number of carbonyl (C=O) groups is 2. The molecule has 1 atom stereocenters. The van der Waals surface area contributed by atoms with Crippen molar-refractivity contribution in [3.63, 3.8) is 0 Å². The Labute approximate surface area is 119 Å². The number of rotatable bonds is 5. The number of nitrogens with one attached hydrogen (secondary N) is 2. The lowest BCUT2D eigenvalue weighted by molar-refractivity contribution is -0.140. The van der Waals surface area contributed by atoms with Gasteiger partial charge in [-0.1, -0.05) is 37.6 Å². The molecule has 0 bridgehead atoms. The number of benzene rings is 1. The molecule has 2 amide bonds. The number of carboxylic acids is 1. The van der Waals surface area contributed by atoms with E-state index < -0.39 is 18.0 Å². The lowest BCUT2D eigenvalue weighted by Crippen LogP contribution is -2.48. The summed E-state index contributed by atoms with van der Waals surface area (Å²) in [6.45, 7) is 7.85. The summed E-state index contributed by atoms with van der Waals surface area (Å²) in [5.74, 6) is -1.19. The predicted octanol–water partition coefficient (Wildman–Crippen LogP) is 2.21. The fraction of sp³-hybridized carbons (Fsp3) is 0.467. The molecular weight excluding hydrogens is 256 g/mol. The molecule has 3 N–H and O–H groups in total. The Kier molecular flexibility index (Phi) is 5.55. The first-order chi connectivity index (χ1) is 9.31. The summed E-state index contributed by atoms with van der Waals surface area (Å²) in [4.78, 5) is 22.8. The van der Waals surface area contributed by atoms with Gasteiger partial charge in [0, 0.05) is 6.54 Å². The topological polar surface area (TPSA) is 78.4 Å². The number of carboxylic acid groups (broad SMARTS) is 1. The van der Waals surface area contributed by atoms with Crippen LogP contribution in [0.25, 0.3) is 0 Å². The second-order valence-corrected chi connectivity index (χ2v) is 5.32. The van der Waals surface area contributed by atoms with E-state index >= 15 is 0 Å². The highest BCUT2D eigenvalue weighted by Crippen LogP contribution is 2.10. The van der Waals surface area contributed by atoms with Crippen LogP contribution in [0, 0.1) is 19.8 Å². The molecule has 20 heavy (non-hydrogen) atoms. The van der Waals surface area contributed by atoms with E-state index in [9.17, 15) is 9.59 Å². The molecule has 1 aromatic carbocycles. The van der Waals surface area contributed by atoms with Crippen molar-refractivity contribution < 1.29 is 14.7 Å². The average Bonchev–Trinajstić information content (AvgIpc) is 2.36. The van der Waals surface area contributed by atoms with E-state index in [0.717, 1.165) is 16.7 Å². The van der Waals surface area contributed by atoms with Gasteiger partial charge in [0.2, 0.25) is 0 Å². The van der Waals surface area contributed by atoms with Crippen LogP contribution in [0.1, 0.15) is 30.5 Å². The number of carbonyl (C=O) groups excluding carboxylic acids is 1. The van der Waals surface area contributed by atoms with Gasteiger partial charge in [0.25, 0.3) is 0 Å². The van der Waals surface area contributed by atoms with Crippen LogP contribution in [0.2, 0.25) is 0 Å². The molecule has 0 aromatic heterocycles. The van der Waals surface area contributed by atoms with Gasteiger partial charge in [0.15, 0.2) is 0 Å². The summed E-state index contributed by atoms with van der Waals surface area (Å²) in [6, 6.07) is 4.67. The van der Waals surface area contributed by atoms with Gasteiger partial charge in [-0.15, -0.1) is 0 Å². The summed E-state index contributed by atoms with van der Waals surface area (Å²) in [7, 11) is 0. The van der Waals surface area contributed by atoms with Gasteiger partial charge in [-0.05, 0) is 30.9 Å². The Bertz CT molecular complexity index is 498. The van der Waals surface area contributed by atoms with Crippen molar-refractivity contribution in [3.05, 3.63) is 34.9 Å². The Balaban J connectivity index is 2.59. The number of amides is 2. The number of hydrogen-bond donors (Lipinski definition) is 3. The largest absolute Gasteiger partial charge is 0.480 e. The maximum atomic E-state index is 11.7. The molecule has 1 rings (SSSR count). The molecule has 0 spiro atoms. The molecule has 0 aliphatic heterocycles. The fourth-order valence-electron chi connectivity index (χ4n) is 1.87. The quantitative estimate of drug-likeness (QED) is 0.772. The highest BCUT2D eigenvalue weighted by atomic mass is 16.4. The normalized spacial score (nSPS) is 12.1. The minimum absolute atomic E-state index is 0.168. The van der Waals surface area contributed by atoms with Crippen molar-refractivity contribution in [1.82, 2.24) is 10.6 Å². The second kappa shape index (κ2) is 6.93. The van der Waals surface area contributed by atoms with E-state index in [2.05, 4.69) is 10.6 Å². The van der Waals surface area contributed by atoms with E-state index in [1.165, 1.54) is 0 Å². The van der Waals surface area contributed by atoms with E-state index in [0.29, 0.717) is 6.54 Å². The standard InChI is InChI=1S/C15H22N2O3/c1-9(2)13(14(18)19)17-15(20)16-8-12-7-10(3)5-6-11(12)4/h5-7,9,13H,8H2,1-4H3,(H,18,19)(H2,16,17,20). The number of urea groups is 1. The highest BCUT2D eigenvalue weighted by Gasteiger charge is 2.23. The molecule has 0 fully saturated rings. The van der Waals surface area contributed by atoms with Crippen molar-refractivity contribution in [2.75, 3.05) is 0 Å². The van der Waals surface area contributed by atoms with Crippen LogP contribution < -0.4 is 10.6 Å². The molecule has 0 saturated heterocycles. The van der Waals surface area contributed by atoms with Crippen molar-refractivity contribution in [2.45, 2.75) is 40.3 Å². The van der Waals surface area contributed by atoms with Gasteiger partial charge < -0.3 is 15.7 Å². The lowest BCUT2D eigenvalue weighted by Gasteiger charge is -2.18. The van der Waals surface area contributed by atoms with E-state index in [4.69, 9.17) is 5.11 Å². The molecule has 5 nitrogen and oxygen atoms in total. The molecule has 1 unspecified atom stereocenters. The maximum absolute atomic E-state index is 11.7. The summed E-state index contributed by atoms with van der Waals surface area (Å²) < 4.78 is 0. The van der Waals surface area contributed by atoms with Crippen LogP contribution >= 0.6 is 0 Å². The van der Waals surface area contributed by atoms with Gasteiger partial charge in [0.1, 0.15) is 6.04 Å². The van der Waals surface area contributed by atoms with Gasteiger partial charge in [-0.2, -0.15) is 0 Å². The van der Waals surface area contributed by atoms with Crippen molar-refractivity contribution >= 4 is 12.0 Å². The van der Waals surface area contributed by atoms with Gasteiger partial charge in [-0.3, -0.25) is 0 Å². The summed E-state index contributed by atoms with van der Waals surface area (Å²) in [6.07, 6.45) is 0. The molecule has 0 radical (unpaired) electrons. The SMILES string of the molecule is Cc1ccc(C)c(CNC(=O)NC(C(=O)O)C(C)C)c1. The maximum Gasteiger partial charge on any atom is 0.326 e. The van der Waals surface area contributed by atoms with E-state index in [-0.39, 0.29) is 5.92 Å². The van der Waals surface area contributed by atoms with Gasteiger partial charge in [0.05, 0.1) is 0 Å². The zero-order valence-corrected chi connectivity index (χ0v) is 12.4. The van der Waals surface area contributed by atoms with Gasteiger partial charge >= 0.3 is 12.0 Å². The third kappa shape index (κ3) is 4.57. The third-order valence-corrected chi connectivity index (χ3v) is 3.16. The number of aryl methyl sites for hydroxylation is 2.